The molecule has 3 aliphatic rings. The number of carbonyl (C=O) groups excluding carboxylic acids is 3. The summed E-state index contributed by atoms with van der Waals surface area (Å²) in [5.74, 6) is 0.133. The van der Waals surface area contributed by atoms with Crippen molar-refractivity contribution >= 4 is 29.5 Å². The lowest BCUT2D eigenvalue weighted by molar-refractivity contribution is -0.150. The second-order valence-corrected chi connectivity index (χ2v) is 9.70. The molecule has 30 heavy (non-hydrogen) atoms. The van der Waals surface area contributed by atoms with Crippen LogP contribution in [0.25, 0.3) is 0 Å². The molecule has 0 radical (unpaired) electrons. The van der Waals surface area contributed by atoms with Crippen LogP contribution in [0, 0.1) is 0 Å². The van der Waals surface area contributed by atoms with Crippen LogP contribution in [0.15, 0.2) is 24.3 Å². The number of hydrogen-bond donors (Lipinski definition) is 2. The first-order valence-electron chi connectivity index (χ1n) is 9.84. The minimum Gasteiger partial charge on any atom is -0.484 e. The van der Waals surface area contributed by atoms with Crippen LogP contribution < -0.4 is 15.4 Å². The molecular formula is C21H28ClN3O5. The minimum atomic E-state index is -0.614. The lowest BCUT2D eigenvalue weighted by atomic mass is 9.44. The number of halogens is 1. The topological polar surface area (TPSA) is 97.0 Å². The highest BCUT2D eigenvalue weighted by Crippen LogP contribution is 2.60. The van der Waals surface area contributed by atoms with Crippen molar-refractivity contribution in [3.8, 4) is 5.75 Å². The van der Waals surface area contributed by atoms with Crippen molar-refractivity contribution in [1.29, 1.82) is 0 Å². The van der Waals surface area contributed by atoms with E-state index in [1.807, 2.05) is 0 Å². The summed E-state index contributed by atoms with van der Waals surface area (Å²) >= 11 is 5.82. The van der Waals surface area contributed by atoms with Gasteiger partial charge in [0.15, 0.2) is 6.61 Å². The summed E-state index contributed by atoms with van der Waals surface area (Å²) in [5, 5.41) is 6.58. The van der Waals surface area contributed by atoms with Crippen molar-refractivity contribution in [2.24, 2.45) is 0 Å². The van der Waals surface area contributed by atoms with Crippen LogP contribution in [-0.2, 0) is 14.3 Å². The standard InChI is InChI=1S/C21H28ClN3O5/c1-19(2,3)30-18(28)25(4)9-16(26)23-20-11-21(12-20,13-20)24-17(27)10-29-15-7-5-14(22)6-8-15/h5-8H,9-13H2,1-4H3,(H,23,26)(H,24,27). The highest BCUT2D eigenvalue weighted by molar-refractivity contribution is 6.30. The summed E-state index contributed by atoms with van der Waals surface area (Å²) in [6, 6.07) is 6.80. The zero-order valence-corrected chi connectivity index (χ0v) is 18.5. The van der Waals surface area contributed by atoms with E-state index in [1.165, 1.54) is 11.9 Å². The van der Waals surface area contributed by atoms with Crippen molar-refractivity contribution in [2.45, 2.75) is 56.7 Å². The molecule has 0 atom stereocenters. The van der Waals surface area contributed by atoms with Crippen LogP contribution in [-0.4, -0.2) is 59.7 Å². The third-order valence-electron chi connectivity index (χ3n) is 5.11. The molecule has 0 spiro atoms. The highest BCUT2D eigenvalue weighted by atomic mass is 35.5. The van der Waals surface area contributed by atoms with Crippen LogP contribution in [0.1, 0.15) is 40.0 Å². The van der Waals surface area contributed by atoms with E-state index in [1.54, 1.807) is 45.0 Å². The Morgan fingerprint density at radius 2 is 1.57 bits per heavy atom. The maximum absolute atomic E-state index is 12.3. The predicted octanol–water partition coefficient (Wildman–Crippen LogP) is 2.49. The first kappa shape index (κ1) is 22.2. The number of nitrogens with zero attached hydrogens (tertiary/aromatic N) is 1. The molecule has 1 aromatic carbocycles. The van der Waals surface area contributed by atoms with E-state index in [-0.39, 0.29) is 36.0 Å². The quantitative estimate of drug-likeness (QED) is 0.683. The minimum absolute atomic E-state index is 0.0784. The van der Waals surface area contributed by atoms with E-state index in [0.717, 1.165) is 0 Å². The van der Waals surface area contributed by atoms with Gasteiger partial charge in [0.1, 0.15) is 17.9 Å². The van der Waals surface area contributed by atoms with Gasteiger partial charge in [0.05, 0.1) is 0 Å². The van der Waals surface area contributed by atoms with Gasteiger partial charge in [-0.2, -0.15) is 0 Å². The Balaban J connectivity index is 1.37. The molecule has 0 aliphatic heterocycles. The van der Waals surface area contributed by atoms with E-state index < -0.39 is 11.7 Å². The number of carbonyl (C=O) groups is 3. The average Bonchev–Trinajstić information content (AvgIpc) is 2.56. The maximum atomic E-state index is 12.3. The summed E-state index contributed by atoms with van der Waals surface area (Å²) in [5.41, 5.74) is -1.18. The Bertz CT molecular complexity index is 814. The molecule has 8 nitrogen and oxygen atoms in total. The number of ether oxygens (including phenoxy) is 2. The van der Waals surface area contributed by atoms with Gasteiger partial charge in [-0.3, -0.25) is 9.59 Å². The average molecular weight is 438 g/mol. The summed E-state index contributed by atoms with van der Waals surface area (Å²) in [7, 11) is 1.53. The number of hydrogen-bond acceptors (Lipinski definition) is 5. The zero-order chi connectivity index (χ0) is 22.2. The number of benzene rings is 1. The third kappa shape index (κ3) is 5.36. The maximum Gasteiger partial charge on any atom is 0.410 e. The van der Waals surface area contributed by atoms with Crippen molar-refractivity contribution in [3.05, 3.63) is 29.3 Å². The lowest BCUT2D eigenvalue weighted by Gasteiger charge is -2.70. The largest absolute Gasteiger partial charge is 0.484 e. The second kappa shape index (κ2) is 7.98. The molecule has 1 aromatic rings. The lowest BCUT2D eigenvalue weighted by Crippen LogP contribution is -2.84. The molecule has 0 aromatic heterocycles. The molecule has 2 bridgehead atoms. The molecule has 4 rings (SSSR count). The molecule has 0 heterocycles. The van der Waals surface area contributed by atoms with Crippen LogP contribution in [0.3, 0.4) is 0 Å². The first-order chi connectivity index (χ1) is 13.9. The fraction of sp³-hybridized carbons (Fsp3) is 0.571. The van der Waals surface area contributed by atoms with Gasteiger partial charge in [0.25, 0.3) is 5.91 Å². The van der Waals surface area contributed by atoms with E-state index in [4.69, 9.17) is 21.1 Å². The molecule has 0 unspecified atom stereocenters. The third-order valence-corrected chi connectivity index (χ3v) is 5.36. The number of likely N-dealkylation sites (N-methyl/N-ethyl adjacent to an activating group) is 1. The van der Waals surface area contributed by atoms with Gasteiger partial charge in [0, 0.05) is 23.1 Å². The van der Waals surface area contributed by atoms with Crippen LogP contribution in [0.2, 0.25) is 5.02 Å². The van der Waals surface area contributed by atoms with Gasteiger partial charge < -0.3 is 25.0 Å². The summed E-state index contributed by atoms with van der Waals surface area (Å²) in [6.07, 6.45) is 1.48. The van der Waals surface area contributed by atoms with Gasteiger partial charge in [-0.1, -0.05) is 11.6 Å². The molecule has 3 saturated carbocycles. The summed E-state index contributed by atoms with van der Waals surface area (Å²) in [4.78, 5) is 37.7. The molecule has 3 aliphatic carbocycles. The molecule has 0 saturated heterocycles. The van der Waals surface area contributed by atoms with Crippen LogP contribution in [0.5, 0.6) is 5.75 Å². The molecule has 2 N–H and O–H groups in total. The van der Waals surface area contributed by atoms with Crippen molar-refractivity contribution < 1.29 is 23.9 Å². The monoisotopic (exact) mass is 437 g/mol. The normalized spacial score (nSPS) is 24.0. The fourth-order valence-corrected chi connectivity index (χ4v) is 4.15. The Labute approximate surface area is 181 Å². The van der Waals surface area contributed by atoms with E-state index in [2.05, 4.69) is 10.6 Å². The summed E-state index contributed by atoms with van der Waals surface area (Å²) < 4.78 is 10.7. The van der Waals surface area contributed by atoms with E-state index in [0.29, 0.717) is 30.0 Å². The van der Waals surface area contributed by atoms with Gasteiger partial charge in [0.2, 0.25) is 5.91 Å². The summed E-state index contributed by atoms with van der Waals surface area (Å²) in [6.45, 7) is 5.16. The second-order valence-electron chi connectivity index (χ2n) is 9.27. The van der Waals surface area contributed by atoms with E-state index >= 15 is 0 Å². The van der Waals surface area contributed by atoms with Crippen LogP contribution >= 0.6 is 11.6 Å². The van der Waals surface area contributed by atoms with E-state index in [9.17, 15) is 14.4 Å². The number of amides is 3. The van der Waals surface area contributed by atoms with Gasteiger partial charge in [-0.15, -0.1) is 0 Å². The zero-order valence-electron chi connectivity index (χ0n) is 17.7. The van der Waals surface area contributed by atoms with Crippen molar-refractivity contribution in [3.63, 3.8) is 0 Å². The molecule has 9 heteroatoms. The Hall–Kier alpha value is -2.48. The Morgan fingerprint density at radius 1 is 1.03 bits per heavy atom. The van der Waals surface area contributed by atoms with Gasteiger partial charge in [-0.05, 0) is 64.3 Å². The smallest absolute Gasteiger partial charge is 0.410 e. The first-order valence-corrected chi connectivity index (χ1v) is 10.2. The molecule has 164 valence electrons. The predicted molar refractivity (Wildman–Crippen MR) is 111 cm³/mol. The van der Waals surface area contributed by atoms with Gasteiger partial charge in [-0.25, -0.2) is 4.79 Å². The SMILES string of the molecule is CN(CC(=O)NC12CC(NC(=O)COc3ccc(Cl)cc3)(C1)C2)C(=O)OC(C)(C)C. The fourth-order valence-electron chi connectivity index (χ4n) is 4.02. The van der Waals surface area contributed by atoms with Crippen molar-refractivity contribution in [2.75, 3.05) is 20.2 Å². The molecular weight excluding hydrogens is 410 g/mol. The molecule has 3 fully saturated rings. The molecule has 3 amide bonds. The Kier molecular flexibility index (Phi) is 5.91. The number of nitrogens with one attached hydrogen (secondary N) is 2. The Morgan fingerprint density at radius 3 is 2.10 bits per heavy atom. The van der Waals surface area contributed by atoms with Gasteiger partial charge >= 0.3 is 6.09 Å². The van der Waals surface area contributed by atoms with Crippen molar-refractivity contribution in [1.82, 2.24) is 15.5 Å². The number of rotatable bonds is 7. The van der Waals surface area contributed by atoms with Crippen LogP contribution in [0.4, 0.5) is 4.79 Å². The highest BCUT2D eigenvalue weighted by Gasteiger charge is 2.69.